The minimum absolute atomic E-state index is 0.251. The number of rotatable bonds is 4. The second-order valence-corrected chi connectivity index (χ2v) is 6.61. The molecule has 2 heterocycles. The third-order valence-corrected chi connectivity index (χ3v) is 4.76. The van der Waals surface area contributed by atoms with Gasteiger partial charge < -0.3 is 5.73 Å². The summed E-state index contributed by atoms with van der Waals surface area (Å²) in [5.41, 5.74) is 8.89. The Balaban J connectivity index is 1.68. The van der Waals surface area contributed by atoms with Gasteiger partial charge in [0.15, 0.2) is 11.5 Å². The Morgan fingerprint density at radius 2 is 1.67 bits per heavy atom. The molecule has 2 aromatic heterocycles. The van der Waals surface area contributed by atoms with Crippen LogP contribution >= 0.6 is 0 Å². The summed E-state index contributed by atoms with van der Waals surface area (Å²) in [6, 6.07) is 15.3. The second kappa shape index (κ2) is 7.48. The maximum atomic E-state index is 12.8. The van der Waals surface area contributed by atoms with Crippen LogP contribution in [0.25, 0.3) is 16.9 Å². The molecule has 146 valence electrons. The molecule has 4 rings (SSSR count). The SMILES string of the molecule is CN(C(=O)c1ccc(C#N)cc1)c1cn2c(-c3ccc(C(N)=O)cc3)cnc2cn1. The van der Waals surface area contributed by atoms with Gasteiger partial charge in [-0.05, 0) is 36.4 Å². The number of hydrogen-bond donors (Lipinski definition) is 1. The van der Waals surface area contributed by atoms with Crippen molar-refractivity contribution in [1.29, 1.82) is 5.26 Å². The molecule has 0 bridgehead atoms. The van der Waals surface area contributed by atoms with Crippen molar-refractivity contribution in [3.63, 3.8) is 0 Å². The van der Waals surface area contributed by atoms with Gasteiger partial charge in [0, 0.05) is 23.7 Å². The summed E-state index contributed by atoms with van der Waals surface area (Å²) in [6.45, 7) is 0. The number of benzene rings is 2. The van der Waals surface area contributed by atoms with Gasteiger partial charge in [-0.3, -0.25) is 18.9 Å². The first-order valence-electron chi connectivity index (χ1n) is 8.99. The van der Waals surface area contributed by atoms with E-state index in [1.807, 2.05) is 10.5 Å². The number of fused-ring (bicyclic) bond motifs is 1. The lowest BCUT2D eigenvalue weighted by atomic mass is 10.1. The summed E-state index contributed by atoms with van der Waals surface area (Å²) < 4.78 is 1.82. The molecule has 2 amide bonds. The highest BCUT2D eigenvalue weighted by atomic mass is 16.2. The topological polar surface area (TPSA) is 117 Å². The molecule has 8 heteroatoms. The summed E-state index contributed by atoms with van der Waals surface area (Å²) in [6.07, 6.45) is 5.00. The number of aromatic nitrogens is 3. The zero-order valence-electron chi connectivity index (χ0n) is 16.0. The van der Waals surface area contributed by atoms with Crippen LogP contribution in [-0.4, -0.2) is 33.2 Å². The van der Waals surface area contributed by atoms with Gasteiger partial charge in [-0.25, -0.2) is 9.97 Å². The molecule has 0 fully saturated rings. The second-order valence-electron chi connectivity index (χ2n) is 6.61. The molecule has 0 spiro atoms. The number of imidazole rings is 1. The molecule has 0 saturated carbocycles. The summed E-state index contributed by atoms with van der Waals surface area (Å²) in [5, 5.41) is 8.91. The van der Waals surface area contributed by atoms with Gasteiger partial charge in [0.05, 0.1) is 35.9 Å². The van der Waals surface area contributed by atoms with Crippen LogP contribution in [0, 0.1) is 11.3 Å². The summed E-state index contributed by atoms with van der Waals surface area (Å²) in [4.78, 5) is 34.2. The maximum absolute atomic E-state index is 12.8. The fraction of sp³-hybridized carbons (Fsp3) is 0.0455. The predicted octanol–water partition coefficient (Wildman–Crippen LogP) is 2.64. The van der Waals surface area contributed by atoms with Crippen LogP contribution in [-0.2, 0) is 0 Å². The predicted molar refractivity (Wildman–Crippen MR) is 111 cm³/mol. The van der Waals surface area contributed by atoms with Crippen LogP contribution in [0.15, 0.2) is 67.1 Å². The van der Waals surface area contributed by atoms with Crippen molar-refractivity contribution in [3.8, 4) is 17.3 Å². The van der Waals surface area contributed by atoms with Crippen molar-refractivity contribution in [2.24, 2.45) is 5.73 Å². The number of nitrogens with two attached hydrogens (primary N) is 1. The van der Waals surface area contributed by atoms with Gasteiger partial charge >= 0.3 is 0 Å². The van der Waals surface area contributed by atoms with E-state index < -0.39 is 5.91 Å². The molecule has 2 aromatic carbocycles. The van der Waals surface area contributed by atoms with E-state index in [0.717, 1.165) is 11.3 Å². The number of nitrogens with zero attached hydrogens (tertiary/aromatic N) is 5. The number of anilines is 1. The van der Waals surface area contributed by atoms with Gasteiger partial charge in [0.1, 0.15) is 0 Å². The minimum atomic E-state index is -0.492. The molecule has 4 aromatic rings. The molecule has 0 aliphatic heterocycles. The minimum Gasteiger partial charge on any atom is -0.366 e. The third kappa shape index (κ3) is 3.36. The Morgan fingerprint density at radius 1 is 1.00 bits per heavy atom. The summed E-state index contributed by atoms with van der Waals surface area (Å²) in [7, 11) is 1.63. The quantitative estimate of drug-likeness (QED) is 0.569. The Labute approximate surface area is 171 Å². The molecular weight excluding hydrogens is 380 g/mol. The molecule has 0 unspecified atom stereocenters. The number of hydrogen-bond acceptors (Lipinski definition) is 5. The van der Waals surface area contributed by atoms with E-state index >= 15 is 0 Å². The normalized spacial score (nSPS) is 10.5. The van der Waals surface area contributed by atoms with E-state index in [1.54, 1.807) is 74.2 Å². The monoisotopic (exact) mass is 396 g/mol. The zero-order chi connectivity index (χ0) is 21.3. The summed E-state index contributed by atoms with van der Waals surface area (Å²) in [5.74, 6) is -0.308. The third-order valence-electron chi connectivity index (χ3n) is 4.76. The van der Waals surface area contributed by atoms with Crippen molar-refractivity contribution in [2.45, 2.75) is 0 Å². The van der Waals surface area contributed by atoms with Crippen molar-refractivity contribution in [1.82, 2.24) is 14.4 Å². The highest BCUT2D eigenvalue weighted by Gasteiger charge is 2.16. The first-order chi connectivity index (χ1) is 14.5. The zero-order valence-corrected chi connectivity index (χ0v) is 16.0. The van der Waals surface area contributed by atoms with Crippen LogP contribution < -0.4 is 10.6 Å². The van der Waals surface area contributed by atoms with Gasteiger partial charge in [-0.2, -0.15) is 5.26 Å². The Bertz CT molecular complexity index is 1300. The fourth-order valence-electron chi connectivity index (χ4n) is 3.06. The van der Waals surface area contributed by atoms with E-state index in [2.05, 4.69) is 9.97 Å². The van der Waals surface area contributed by atoms with Crippen molar-refractivity contribution in [2.75, 3.05) is 11.9 Å². The molecule has 2 N–H and O–H groups in total. The fourth-order valence-corrected chi connectivity index (χ4v) is 3.06. The van der Waals surface area contributed by atoms with E-state index in [-0.39, 0.29) is 5.91 Å². The molecule has 0 aliphatic carbocycles. The number of carbonyl (C=O) groups excluding carboxylic acids is 2. The highest BCUT2D eigenvalue weighted by Crippen LogP contribution is 2.23. The van der Waals surface area contributed by atoms with E-state index in [1.165, 1.54) is 4.90 Å². The lowest BCUT2D eigenvalue weighted by Crippen LogP contribution is -2.27. The lowest BCUT2D eigenvalue weighted by Gasteiger charge is -2.17. The standard InChI is InChI=1S/C22H16N6O2/c1-27(22(30)17-4-2-14(10-23)3-5-17)20-13-28-18(11-25-19(28)12-26-20)15-6-8-16(9-7-15)21(24)29/h2-9,11-13H,1H3,(H2,24,29). The van der Waals surface area contributed by atoms with Gasteiger partial charge in [-0.1, -0.05) is 12.1 Å². The molecule has 8 nitrogen and oxygen atoms in total. The molecule has 0 radical (unpaired) electrons. The van der Waals surface area contributed by atoms with E-state index in [0.29, 0.717) is 28.2 Å². The Hall–Kier alpha value is -4.51. The average Bonchev–Trinajstić information content (AvgIpc) is 3.21. The molecular formula is C22H16N6O2. The molecule has 0 aliphatic rings. The first-order valence-corrected chi connectivity index (χ1v) is 8.99. The van der Waals surface area contributed by atoms with Gasteiger partial charge in [0.25, 0.3) is 5.91 Å². The average molecular weight is 396 g/mol. The van der Waals surface area contributed by atoms with Crippen molar-refractivity contribution < 1.29 is 9.59 Å². The van der Waals surface area contributed by atoms with Crippen molar-refractivity contribution in [3.05, 3.63) is 83.8 Å². The van der Waals surface area contributed by atoms with E-state index in [4.69, 9.17) is 11.0 Å². The van der Waals surface area contributed by atoms with Gasteiger partial charge in [0.2, 0.25) is 5.91 Å². The largest absolute Gasteiger partial charge is 0.366 e. The number of carbonyl (C=O) groups is 2. The van der Waals surface area contributed by atoms with Crippen molar-refractivity contribution >= 4 is 23.3 Å². The lowest BCUT2D eigenvalue weighted by molar-refractivity contribution is 0.0987. The first kappa shape index (κ1) is 18.8. The Kier molecular flexibility index (Phi) is 4.70. The number of primary amides is 1. The van der Waals surface area contributed by atoms with Crippen LogP contribution in [0.2, 0.25) is 0 Å². The highest BCUT2D eigenvalue weighted by molar-refractivity contribution is 6.05. The van der Waals surface area contributed by atoms with Crippen LogP contribution in [0.1, 0.15) is 26.3 Å². The smallest absolute Gasteiger partial charge is 0.259 e. The Morgan fingerprint density at radius 3 is 2.30 bits per heavy atom. The number of nitriles is 1. The summed E-state index contributed by atoms with van der Waals surface area (Å²) >= 11 is 0. The van der Waals surface area contributed by atoms with Crippen LogP contribution in [0.4, 0.5) is 5.82 Å². The molecule has 0 atom stereocenters. The maximum Gasteiger partial charge on any atom is 0.259 e. The number of amides is 2. The molecule has 0 saturated heterocycles. The van der Waals surface area contributed by atoms with Crippen LogP contribution in [0.5, 0.6) is 0 Å². The molecule has 30 heavy (non-hydrogen) atoms. The van der Waals surface area contributed by atoms with Crippen LogP contribution in [0.3, 0.4) is 0 Å². The van der Waals surface area contributed by atoms with E-state index in [9.17, 15) is 9.59 Å². The van der Waals surface area contributed by atoms with Gasteiger partial charge in [-0.15, -0.1) is 0 Å².